The molecule has 0 aromatic heterocycles. The van der Waals surface area contributed by atoms with Gasteiger partial charge in [-0.3, -0.25) is 4.79 Å². The van der Waals surface area contributed by atoms with Gasteiger partial charge in [-0.1, -0.05) is 43.7 Å². The molecule has 7 atom stereocenters. The largest absolute Gasteiger partial charge is 0.353 e. The van der Waals surface area contributed by atoms with Crippen molar-refractivity contribution in [2.45, 2.75) is 84.6 Å². The van der Waals surface area contributed by atoms with Crippen LogP contribution in [-0.4, -0.2) is 11.9 Å². The van der Waals surface area contributed by atoms with E-state index in [0.717, 1.165) is 36.5 Å². The molecular weight excluding hydrogens is 342 g/mol. The SMILES string of the molecule is Cc1ccc(CC2C[C@H]3[C@@H]4CCC5NC(=O)CC[C@]5(C)[C@@H]4CC[C@]3(C)C2)cc1. The number of piperidine rings is 1. The number of fused-ring (bicyclic) bond motifs is 5. The van der Waals surface area contributed by atoms with Gasteiger partial charge in [-0.15, -0.1) is 0 Å². The summed E-state index contributed by atoms with van der Waals surface area (Å²) in [6.07, 6.45) is 11.3. The van der Waals surface area contributed by atoms with Crippen LogP contribution in [-0.2, 0) is 11.2 Å². The lowest BCUT2D eigenvalue weighted by Crippen LogP contribution is -2.60. The lowest BCUT2D eigenvalue weighted by molar-refractivity contribution is -0.135. The van der Waals surface area contributed by atoms with Gasteiger partial charge in [0, 0.05) is 12.5 Å². The van der Waals surface area contributed by atoms with Crippen LogP contribution in [0.15, 0.2) is 24.3 Å². The number of hydrogen-bond donors (Lipinski definition) is 1. The lowest BCUT2D eigenvalue weighted by atomic mass is 9.48. The maximum absolute atomic E-state index is 12.0. The zero-order chi connectivity index (χ0) is 19.5. The summed E-state index contributed by atoms with van der Waals surface area (Å²) in [7, 11) is 0. The van der Waals surface area contributed by atoms with Gasteiger partial charge in [-0.25, -0.2) is 0 Å². The van der Waals surface area contributed by atoms with Crippen LogP contribution < -0.4 is 5.32 Å². The first-order valence-electron chi connectivity index (χ1n) is 11.7. The molecule has 1 N–H and O–H groups in total. The van der Waals surface area contributed by atoms with E-state index in [9.17, 15) is 4.79 Å². The fourth-order valence-corrected chi connectivity index (χ4v) is 8.12. The Hall–Kier alpha value is -1.31. The van der Waals surface area contributed by atoms with Gasteiger partial charge in [0.25, 0.3) is 0 Å². The number of carbonyl (C=O) groups excluding carboxylic acids is 1. The molecule has 0 spiro atoms. The van der Waals surface area contributed by atoms with Crippen LogP contribution in [0.25, 0.3) is 0 Å². The molecule has 5 rings (SSSR count). The normalized spacial score (nSPS) is 45.0. The summed E-state index contributed by atoms with van der Waals surface area (Å²) >= 11 is 0. The average molecular weight is 380 g/mol. The Bertz CT molecular complexity index is 754. The zero-order valence-electron chi connectivity index (χ0n) is 18.0. The molecule has 0 bridgehead atoms. The van der Waals surface area contributed by atoms with Gasteiger partial charge in [0.15, 0.2) is 0 Å². The van der Waals surface area contributed by atoms with Crippen molar-refractivity contribution in [3.8, 4) is 0 Å². The Kier molecular flexibility index (Phi) is 4.41. The van der Waals surface area contributed by atoms with Crippen LogP contribution >= 0.6 is 0 Å². The molecule has 152 valence electrons. The maximum Gasteiger partial charge on any atom is 0.220 e. The topological polar surface area (TPSA) is 29.1 Å². The standard InChI is InChI=1S/C26H37NO/c1-17-4-6-18(7-5-17)14-19-15-22-20-8-9-23-26(3,13-11-24(28)27-23)21(20)10-12-25(22,2)16-19/h4-7,19-23H,8-16H2,1-3H3,(H,27,28)/t19?,20-,21-,22+,23?,25-,26-/m1/s1. The van der Waals surface area contributed by atoms with Crippen molar-refractivity contribution in [1.29, 1.82) is 0 Å². The fraction of sp³-hybridized carbons (Fsp3) is 0.731. The Morgan fingerprint density at radius 2 is 1.82 bits per heavy atom. The van der Waals surface area contributed by atoms with Crippen LogP contribution in [0.5, 0.6) is 0 Å². The highest BCUT2D eigenvalue weighted by Crippen LogP contribution is 2.65. The molecular formula is C26H37NO. The number of aryl methyl sites for hydroxylation is 1. The Morgan fingerprint density at radius 1 is 1.04 bits per heavy atom. The van der Waals surface area contributed by atoms with Crippen LogP contribution in [0.2, 0.25) is 0 Å². The van der Waals surface area contributed by atoms with E-state index in [0.29, 0.717) is 22.8 Å². The Morgan fingerprint density at radius 3 is 2.61 bits per heavy atom. The van der Waals surface area contributed by atoms with Crippen molar-refractivity contribution in [3.63, 3.8) is 0 Å². The van der Waals surface area contributed by atoms with Gasteiger partial charge in [-0.05, 0) is 98.4 Å². The van der Waals surface area contributed by atoms with Gasteiger partial charge < -0.3 is 5.32 Å². The van der Waals surface area contributed by atoms with Gasteiger partial charge in [0.1, 0.15) is 0 Å². The third kappa shape index (κ3) is 2.94. The van der Waals surface area contributed by atoms with E-state index in [4.69, 9.17) is 0 Å². The highest BCUT2D eigenvalue weighted by Gasteiger charge is 2.59. The maximum atomic E-state index is 12.0. The van der Waals surface area contributed by atoms with E-state index in [1.165, 1.54) is 56.1 Å². The average Bonchev–Trinajstić information content (AvgIpc) is 3.00. The predicted molar refractivity (Wildman–Crippen MR) is 114 cm³/mol. The smallest absolute Gasteiger partial charge is 0.220 e. The molecule has 2 heteroatoms. The molecule has 2 unspecified atom stereocenters. The van der Waals surface area contributed by atoms with Crippen molar-refractivity contribution in [3.05, 3.63) is 35.4 Å². The van der Waals surface area contributed by atoms with Crippen LogP contribution in [0, 0.1) is 41.4 Å². The summed E-state index contributed by atoms with van der Waals surface area (Å²) < 4.78 is 0. The molecule has 1 aromatic rings. The summed E-state index contributed by atoms with van der Waals surface area (Å²) in [6.45, 7) is 7.30. The van der Waals surface area contributed by atoms with E-state index in [1.54, 1.807) is 0 Å². The van der Waals surface area contributed by atoms with Gasteiger partial charge in [0.05, 0.1) is 0 Å². The summed E-state index contributed by atoms with van der Waals surface area (Å²) in [5.74, 6) is 3.76. The second-order valence-corrected chi connectivity index (χ2v) is 11.3. The quantitative estimate of drug-likeness (QED) is 0.704. The summed E-state index contributed by atoms with van der Waals surface area (Å²) in [4.78, 5) is 12.0. The van der Waals surface area contributed by atoms with Crippen molar-refractivity contribution < 1.29 is 4.79 Å². The van der Waals surface area contributed by atoms with Gasteiger partial charge in [0.2, 0.25) is 5.91 Å². The molecule has 3 saturated carbocycles. The number of benzene rings is 1. The van der Waals surface area contributed by atoms with E-state index in [-0.39, 0.29) is 0 Å². The minimum Gasteiger partial charge on any atom is -0.353 e. The fourth-order valence-electron chi connectivity index (χ4n) is 8.12. The number of carbonyl (C=O) groups is 1. The van der Waals surface area contributed by atoms with Crippen LogP contribution in [0.1, 0.15) is 76.3 Å². The third-order valence-corrected chi connectivity index (χ3v) is 9.60. The minimum absolute atomic E-state index is 0.292. The zero-order valence-corrected chi connectivity index (χ0v) is 18.0. The Balaban J connectivity index is 1.34. The second kappa shape index (κ2) is 6.61. The van der Waals surface area contributed by atoms with E-state index in [2.05, 4.69) is 50.4 Å². The van der Waals surface area contributed by atoms with Crippen molar-refractivity contribution in [2.75, 3.05) is 0 Å². The first kappa shape index (κ1) is 18.7. The second-order valence-electron chi connectivity index (χ2n) is 11.3. The van der Waals surface area contributed by atoms with Crippen molar-refractivity contribution in [2.24, 2.45) is 34.5 Å². The molecule has 1 heterocycles. The molecule has 1 amide bonds. The molecule has 2 nitrogen and oxygen atoms in total. The molecule has 1 aliphatic heterocycles. The molecule has 3 aliphatic carbocycles. The number of amides is 1. The highest BCUT2D eigenvalue weighted by molar-refractivity contribution is 5.77. The molecule has 0 radical (unpaired) electrons. The lowest BCUT2D eigenvalue weighted by Gasteiger charge is -2.59. The van der Waals surface area contributed by atoms with E-state index in [1.807, 2.05) is 0 Å². The number of nitrogens with one attached hydrogen (secondary N) is 1. The summed E-state index contributed by atoms with van der Waals surface area (Å²) in [5.41, 5.74) is 3.79. The predicted octanol–water partition coefficient (Wildman–Crippen LogP) is 5.67. The Labute approximate surface area is 170 Å². The minimum atomic E-state index is 0.292. The van der Waals surface area contributed by atoms with Crippen LogP contribution in [0.4, 0.5) is 0 Å². The van der Waals surface area contributed by atoms with E-state index >= 15 is 0 Å². The monoisotopic (exact) mass is 379 g/mol. The van der Waals surface area contributed by atoms with Crippen molar-refractivity contribution >= 4 is 5.91 Å². The van der Waals surface area contributed by atoms with Gasteiger partial charge >= 0.3 is 0 Å². The van der Waals surface area contributed by atoms with Crippen LogP contribution in [0.3, 0.4) is 0 Å². The van der Waals surface area contributed by atoms with E-state index < -0.39 is 0 Å². The first-order valence-corrected chi connectivity index (χ1v) is 11.7. The molecule has 1 aromatic carbocycles. The van der Waals surface area contributed by atoms with Crippen molar-refractivity contribution in [1.82, 2.24) is 5.32 Å². The number of hydrogen-bond acceptors (Lipinski definition) is 1. The summed E-state index contributed by atoms with van der Waals surface area (Å²) in [5, 5.41) is 3.37. The molecule has 1 saturated heterocycles. The summed E-state index contributed by atoms with van der Waals surface area (Å²) in [6, 6.07) is 9.67. The highest BCUT2D eigenvalue weighted by atomic mass is 16.1. The third-order valence-electron chi connectivity index (χ3n) is 9.60. The molecule has 4 fully saturated rings. The molecule has 4 aliphatic rings. The molecule has 28 heavy (non-hydrogen) atoms. The van der Waals surface area contributed by atoms with Gasteiger partial charge in [-0.2, -0.15) is 0 Å². The number of rotatable bonds is 2. The first-order chi connectivity index (χ1) is 13.4.